The standard InChI is InChI=1S/C14H22N8O/c1-5-22-15-6-12(18-22)14(23)21-9-13-17-16-10(2)20(13)8-11(21)7-19(3)4/h6,11H,5,7-9H2,1-4H3. The van der Waals surface area contributed by atoms with Crippen LogP contribution in [0.2, 0.25) is 0 Å². The second-order valence-electron chi connectivity index (χ2n) is 6.04. The summed E-state index contributed by atoms with van der Waals surface area (Å²) in [5.74, 6) is 1.59. The lowest BCUT2D eigenvalue weighted by molar-refractivity contribution is 0.0536. The molecule has 1 unspecified atom stereocenters. The van der Waals surface area contributed by atoms with E-state index in [4.69, 9.17) is 0 Å². The molecule has 0 bridgehead atoms. The van der Waals surface area contributed by atoms with E-state index < -0.39 is 0 Å². The van der Waals surface area contributed by atoms with E-state index in [2.05, 4.69) is 29.9 Å². The SMILES string of the molecule is CCn1ncc(C(=O)N2Cc3nnc(C)n3CC2CN(C)C)n1. The number of fused-ring (bicyclic) bond motifs is 1. The van der Waals surface area contributed by atoms with Gasteiger partial charge in [0.15, 0.2) is 11.5 Å². The molecule has 0 aromatic carbocycles. The molecular formula is C14H22N8O. The molecule has 1 amide bonds. The number of amides is 1. The Bertz CT molecular complexity index is 703. The molecule has 0 fully saturated rings. The van der Waals surface area contributed by atoms with Crippen molar-refractivity contribution < 1.29 is 4.79 Å². The molecular weight excluding hydrogens is 296 g/mol. The fourth-order valence-electron chi connectivity index (χ4n) is 2.88. The van der Waals surface area contributed by atoms with E-state index in [1.807, 2.05) is 32.8 Å². The van der Waals surface area contributed by atoms with Gasteiger partial charge in [-0.3, -0.25) is 4.79 Å². The van der Waals surface area contributed by atoms with Crippen LogP contribution in [-0.4, -0.2) is 72.1 Å². The van der Waals surface area contributed by atoms with Crippen LogP contribution in [0.25, 0.3) is 0 Å². The maximum atomic E-state index is 12.9. The third-order valence-corrected chi connectivity index (χ3v) is 4.03. The van der Waals surface area contributed by atoms with Crippen molar-refractivity contribution in [3.8, 4) is 0 Å². The van der Waals surface area contributed by atoms with E-state index in [1.165, 1.54) is 11.0 Å². The van der Waals surface area contributed by atoms with Crippen LogP contribution in [0.4, 0.5) is 0 Å². The second kappa shape index (κ2) is 6.07. The third-order valence-electron chi connectivity index (χ3n) is 4.03. The van der Waals surface area contributed by atoms with Gasteiger partial charge in [0.25, 0.3) is 5.91 Å². The molecule has 0 spiro atoms. The van der Waals surface area contributed by atoms with Crippen LogP contribution in [0, 0.1) is 6.92 Å². The summed E-state index contributed by atoms with van der Waals surface area (Å²) in [4.78, 5) is 18.3. The first-order valence-corrected chi connectivity index (χ1v) is 7.74. The zero-order valence-electron chi connectivity index (χ0n) is 14.0. The van der Waals surface area contributed by atoms with Crippen LogP contribution < -0.4 is 0 Å². The van der Waals surface area contributed by atoms with Gasteiger partial charge in [0.05, 0.1) is 25.3 Å². The van der Waals surface area contributed by atoms with Gasteiger partial charge in [0.1, 0.15) is 5.82 Å². The summed E-state index contributed by atoms with van der Waals surface area (Å²) in [6.45, 7) is 6.42. The van der Waals surface area contributed by atoms with Gasteiger partial charge in [-0.2, -0.15) is 9.90 Å². The number of likely N-dealkylation sites (N-methyl/N-ethyl adjacent to an activating group) is 1. The second-order valence-corrected chi connectivity index (χ2v) is 6.04. The van der Waals surface area contributed by atoms with E-state index >= 15 is 0 Å². The number of carbonyl (C=O) groups excluding carboxylic acids is 1. The van der Waals surface area contributed by atoms with E-state index in [0.717, 1.165) is 18.2 Å². The van der Waals surface area contributed by atoms with Crippen molar-refractivity contribution in [1.29, 1.82) is 0 Å². The van der Waals surface area contributed by atoms with Crippen molar-refractivity contribution in [2.45, 2.75) is 39.5 Å². The maximum Gasteiger partial charge on any atom is 0.276 e. The van der Waals surface area contributed by atoms with Crippen molar-refractivity contribution in [1.82, 2.24) is 39.6 Å². The first kappa shape index (κ1) is 15.6. The van der Waals surface area contributed by atoms with Crippen LogP contribution in [0.1, 0.15) is 29.1 Å². The first-order chi connectivity index (χ1) is 11.0. The molecule has 0 saturated carbocycles. The monoisotopic (exact) mass is 318 g/mol. The number of aromatic nitrogens is 6. The van der Waals surface area contributed by atoms with Crippen LogP contribution in [0.15, 0.2) is 6.20 Å². The van der Waals surface area contributed by atoms with Gasteiger partial charge in [-0.25, -0.2) is 0 Å². The molecule has 1 aliphatic heterocycles. The summed E-state index contributed by atoms with van der Waals surface area (Å²) in [6, 6.07) is 0.0477. The van der Waals surface area contributed by atoms with Gasteiger partial charge in [-0.15, -0.1) is 15.3 Å². The molecule has 0 N–H and O–H groups in total. The number of hydrogen-bond acceptors (Lipinski definition) is 6. The minimum absolute atomic E-state index is 0.0477. The van der Waals surface area contributed by atoms with Gasteiger partial charge >= 0.3 is 0 Å². The average molecular weight is 318 g/mol. The molecule has 9 nitrogen and oxygen atoms in total. The minimum atomic E-state index is -0.108. The molecule has 2 aromatic heterocycles. The molecule has 124 valence electrons. The minimum Gasteiger partial charge on any atom is -0.324 e. The number of rotatable bonds is 4. The summed E-state index contributed by atoms with van der Waals surface area (Å²) < 4.78 is 2.08. The third kappa shape index (κ3) is 2.96. The summed E-state index contributed by atoms with van der Waals surface area (Å²) in [5, 5.41) is 16.6. The van der Waals surface area contributed by atoms with E-state index in [9.17, 15) is 4.79 Å². The summed E-state index contributed by atoms with van der Waals surface area (Å²) in [5.41, 5.74) is 0.375. The van der Waals surface area contributed by atoms with Gasteiger partial charge < -0.3 is 14.4 Å². The number of hydrogen-bond donors (Lipinski definition) is 0. The molecule has 3 heterocycles. The molecule has 0 aliphatic carbocycles. The Hall–Kier alpha value is -2.29. The highest BCUT2D eigenvalue weighted by Crippen LogP contribution is 2.20. The molecule has 1 aliphatic rings. The molecule has 3 rings (SSSR count). The van der Waals surface area contributed by atoms with Crippen molar-refractivity contribution in [3.63, 3.8) is 0 Å². The van der Waals surface area contributed by atoms with Crippen molar-refractivity contribution in [3.05, 3.63) is 23.5 Å². The lowest BCUT2D eigenvalue weighted by atomic mass is 10.1. The Morgan fingerprint density at radius 2 is 2.17 bits per heavy atom. The largest absolute Gasteiger partial charge is 0.324 e. The summed E-state index contributed by atoms with van der Waals surface area (Å²) in [6.07, 6.45) is 1.53. The topological polar surface area (TPSA) is 85.0 Å². The molecule has 2 aromatic rings. The Kier molecular flexibility index (Phi) is 4.12. The first-order valence-electron chi connectivity index (χ1n) is 7.74. The Balaban J connectivity index is 1.89. The highest BCUT2D eigenvalue weighted by Gasteiger charge is 2.33. The van der Waals surface area contributed by atoms with Gasteiger partial charge in [0, 0.05) is 13.1 Å². The van der Waals surface area contributed by atoms with E-state index in [1.54, 1.807) is 0 Å². The van der Waals surface area contributed by atoms with Crippen LogP contribution in [0.3, 0.4) is 0 Å². The normalized spacial score (nSPS) is 17.6. The van der Waals surface area contributed by atoms with Crippen LogP contribution in [-0.2, 0) is 19.6 Å². The summed E-state index contributed by atoms with van der Waals surface area (Å²) in [7, 11) is 4.01. The molecule has 0 saturated heterocycles. The highest BCUT2D eigenvalue weighted by atomic mass is 16.2. The van der Waals surface area contributed by atoms with Gasteiger partial charge in [-0.1, -0.05) is 0 Å². The molecule has 23 heavy (non-hydrogen) atoms. The van der Waals surface area contributed by atoms with Gasteiger partial charge in [0.2, 0.25) is 0 Å². The zero-order valence-corrected chi connectivity index (χ0v) is 14.0. The van der Waals surface area contributed by atoms with E-state index in [-0.39, 0.29) is 11.9 Å². The predicted molar refractivity (Wildman–Crippen MR) is 82.7 cm³/mol. The smallest absolute Gasteiger partial charge is 0.276 e. The number of aryl methyl sites for hydroxylation is 2. The number of nitrogens with zero attached hydrogens (tertiary/aromatic N) is 8. The van der Waals surface area contributed by atoms with Crippen molar-refractivity contribution in [2.75, 3.05) is 20.6 Å². The maximum absolute atomic E-state index is 12.9. The van der Waals surface area contributed by atoms with Crippen molar-refractivity contribution in [2.24, 2.45) is 0 Å². The Morgan fingerprint density at radius 3 is 2.83 bits per heavy atom. The van der Waals surface area contributed by atoms with Gasteiger partial charge in [-0.05, 0) is 27.9 Å². The molecule has 9 heteroatoms. The fraction of sp³-hybridized carbons (Fsp3) is 0.643. The van der Waals surface area contributed by atoms with Crippen molar-refractivity contribution >= 4 is 5.91 Å². The van der Waals surface area contributed by atoms with Crippen LogP contribution in [0.5, 0.6) is 0 Å². The predicted octanol–water partition coefficient (Wildman–Crippen LogP) is -0.216. The molecule has 1 atom stereocenters. The van der Waals surface area contributed by atoms with Crippen LogP contribution >= 0.6 is 0 Å². The Labute approximate surface area is 134 Å². The fourth-order valence-corrected chi connectivity index (χ4v) is 2.88. The zero-order chi connectivity index (χ0) is 16.6. The highest BCUT2D eigenvalue weighted by molar-refractivity contribution is 5.92. The number of carbonyl (C=O) groups is 1. The lowest BCUT2D eigenvalue weighted by Gasteiger charge is -2.37. The van der Waals surface area contributed by atoms with E-state index in [0.29, 0.717) is 25.3 Å². The average Bonchev–Trinajstić information content (AvgIpc) is 3.13. The molecule has 0 radical (unpaired) electrons. The quantitative estimate of drug-likeness (QED) is 0.775. The lowest BCUT2D eigenvalue weighted by Crippen LogP contribution is -2.51. The summed E-state index contributed by atoms with van der Waals surface area (Å²) >= 11 is 0. The Morgan fingerprint density at radius 1 is 1.39 bits per heavy atom.